The number of hydrogen-bond donors (Lipinski definition) is 0. The van der Waals surface area contributed by atoms with Crippen LogP contribution in [0.2, 0.25) is 0 Å². The van der Waals surface area contributed by atoms with Crippen molar-refractivity contribution in [1.29, 1.82) is 0 Å². The van der Waals surface area contributed by atoms with Gasteiger partial charge >= 0.3 is 5.69 Å². The first-order valence-electron chi connectivity index (χ1n) is 10.9. The summed E-state index contributed by atoms with van der Waals surface area (Å²) in [4.78, 5) is 36.0. The number of fused-ring (bicyclic) bond motifs is 1. The molecule has 4 heterocycles. The van der Waals surface area contributed by atoms with Gasteiger partial charge in [-0.15, -0.1) is 0 Å². The molecule has 0 atom stereocenters. The molecule has 32 heavy (non-hydrogen) atoms. The summed E-state index contributed by atoms with van der Waals surface area (Å²) >= 11 is 0. The van der Waals surface area contributed by atoms with Crippen LogP contribution in [0, 0.1) is 5.92 Å². The van der Waals surface area contributed by atoms with E-state index < -0.39 is 0 Å². The van der Waals surface area contributed by atoms with Crippen molar-refractivity contribution >= 4 is 17.1 Å². The molecule has 1 saturated heterocycles. The van der Waals surface area contributed by atoms with E-state index in [1.165, 1.54) is 0 Å². The fourth-order valence-corrected chi connectivity index (χ4v) is 4.50. The van der Waals surface area contributed by atoms with Crippen LogP contribution in [0.1, 0.15) is 28.8 Å². The number of carbonyl (C=O) groups excluding carboxylic acids is 1. The van der Waals surface area contributed by atoms with Crippen LogP contribution >= 0.6 is 0 Å². The Hall–Kier alpha value is -3.68. The van der Waals surface area contributed by atoms with E-state index in [4.69, 9.17) is 0 Å². The summed E-state index contributed by atoms with van der Waals surface area (Å²) in [5.74, 6) is 0.420. The number of aromatic nitrogens is 5. The highest BCUT2D eigenvalue weighted by molar-refractivity contribution is 5.94. The minimum absolute atomic E-state index is 0.0343. The SMILES string of the molecule is Cn1c(=O)n(CC2CCN(C(=O)c3ccc(Cn4ccnc4)cc3)CC2)c2ncccc21. The van der Waals surface area contributed by atoms with Gasteiger partial charge in [0.05, 0.1) is 11.8 Å². The van der Waals surface area contributed by atoms with Gasteiger partial charge in [0.2, 0.25) is 0 Å². The van der Waals surface area contributed by atoms with Crippen molar-refractivity contribution in [2.75, 3.05) is 13.1 Å². The molecule has 0 bridgehead atoms. The fraction of sp³-hybridized carbons (Fsp3) is 0.333. The van der Waals surface area contributed by atoms with Crippen LogP contribution in [0.3, 0.4) is 0 Å². The van der Waals surface area contributed by atoms with Crippen molar-refractivity contribution in [3.8, 4) is 0 Å². The number of aryl methyl sites for hydroxylation is 1. The first kappa shape index (κ1) is 20.2. The number of carbonyl (C=O) groups is 1. The minimum Gasteiger partial charge on any atom is -0.339 e. The molecule has 0 saturated carbocycles. The molecule has 5 rings (SSSR count). The van der Waals surface area contributed by atoms with Gasteiger partial charge in [-0.25, -0.2) is 14.8 Å². The average Bonchev–Trinajstić information content (AvgIpc) is 3.42. The molecule has 0 unspecified atom stereocenters. The lowest BCUT2D eigenvalue weighted by atomic mass is 9.96. The predicted octanol–water partition coefficient (Wildman–Crippen LogP) is 2.53. The smallest absolute Gasteiger partial charge is 0.330 e. The van der Waals surface area contributed by atoms with E-state index in [1.807, 2.05) is 52.1 Å². The normalized spacial score (nSPS) is 14.8. The lowest BCUT2D eigenvalue weighted by Gasteiger charge is -2.32. The Labute approximate surface area is 185 Å². The van der Waals surface area contributed by atoms with Crippen molar-refractivity contribution in [1.82, 2.24) is 28.6 Å². The highest BCUT2D eigenvalue weighted by Crippen LogP contribution is 2.22. The van der Waals surface area contributed by atoms with E-state index in [-0.39, 0.29) is 11.6 Å². The number of likely N-dealkylation sites (tertiary alicyclic amines) is 1. The quantitative estimate of drug-likeness (QED) is 0.488. The maximum atomic E-state index is 13.0. The van der Waals surface area contributed by atoms with Gasteiger partial charge in [-0.05, 0) is 48.6 Å². The molecule has 1 aromatic carbocycles. The number of rotatable bonds is 5. The van der Waals surface area contributed by atoms with E-state index in [2.05, 4.69) is 9.97 Å². The van der Waals surface area contributed by atoms with Crippen molar-refractivity contribution in [3.63, 3.8) is 0 Å². The van der Waals surface area contributed by atoms with E-state index in [0.29, 0.717) is 31.1 Å². The number of amides is 1. The minimum atomic E-state index is -0.0343. The summed E-state index contributed by atoms with van der Waals surface area (Å²) in [6, 6.07) is 11.6. The van der Waals surface area contributed by atoms with Crippen LogP contribution < -0.4 is 5.69 Å². The van der Waals surface area contributed by atoms with Gasteiger partial charge in [0, 0.05) is 57.4 Å². The van der Waals surface area contributed by atoms with E-state index in [9.17, 15) is 9.59 Å². The highest BCUT2D eigenvalue weighted by Gasteiger charge is 2.25. The second-order valence-corrected chi connectivity index (χ2v) is 8.47. The Morgan fingerprint density at radius 3 is 2.59 bits per heavy atom. The zero-order valence-electron chi connectivity index (χ0n) is 18.1. The first-order chi connectivity index (χ1) is 15.6. The molecule has 1 aliphatic rings. The molecule has 4 aromatic rings. The summed E-state index contributed by atoms with van der Waals surface area (Å²) in [5, 5.41) is 0. The molecule has 3 aromatic heterocycles. The van der Waals surface area contributed by atoms with Crippen LogP contribution in [-0.2, 0) is 20.1 Å². The zero-order chi connectivity index (χ0) is 22.1. The van der Waals surface area contributed by atoms with Crippen LogP contribution in [0.5, 0.6) is 0 Å². The van der Waals surface area contributed by atoms with Crippen molar-refractivity contribution in [2.24, 2.45) is 13.0 Å². The highest BCUT2D eigenvalue weighted by atomic mass is 16.2. The maximum Gasteiger partial charge on any atom is 0.330 e. The van der Waals surface area contributed by atoms with Gasteiger partial charge in [0.15, 0.2) is 5.65 Å². The Kier molecular flexibility index (Phi) is 5.34. The number of benzene rings is 1. The molecule has 1 amide bonds. The van der Waals surface area contributed by atoms with E-state index in [0.717, 1.165) is 36.1 Å². The summed E-state index contributed by atoms with van der Waals surface area (Å²) < 4.78 is 5.42. The summed E-state index contributed by atoms with van der Waals surface area (Å²) in [7, 11) is 1.78. The summed E-state index contributed by atoms with van der Waals surface area (Å²) in [6.07, 6.45) is 8.94. The van der Waals surface area contributed by atoms with Crippen molar-refractivity contribution in [3.05, 3.63) is 82.9 Å². The van der Waals surface area contributed by atoms with Crippen LogP contribution in [0.25, 0.3) is 11.2 Å². The monoisotopic (exact) mass is 430 g/mol. The number of pyridine rings is 1. The topological polar surface area (TPSA) is 78.0 Å². The Bertz CT molecular complexity index is 1280. The molecule has 0 radical (unpaired) electrons. The third-order valence-electron chi connectivity index (χ3n) is 6.37. The number of nitrogens with zero attached hydrogens (tertiary/aromatic N) is 6. The molecule has 1 fully saturated rings. The molecular weight excluding hydrogens is 404 g/mol. The third kappa shape index (κ3) is 3.84. The Morgan fingerprint density at radius 2 is 1.88 bits per heavy atom. The molecule has 0 N–H and O–H groups in total. The predicted molar refractivity (Wildman–Crippen MR) is 121 cm³/mol. The number of imidazole rings is 2. The first-order valence-corrected chi connectivity index (χ1v) is 10.9. The van der Waals surface area contributed by atoms with Crippen molar-refractivity contribution < 1.29 is 4.79 Å². The number of hydrogen-bond acceptors (Lipinski definition) is 4. The van der Waals surface area contributed by atoms with Gasteiger partial charge < -0.3 is 9.47 Å². The summed E-state index contributed by atoms with van der Waals surface area (Å²) in [5.41, 5.74) is 3.39. The lowest BCUT2D eigenvalue weighted by Crippen LogP contribution is -2.40. The third-order valence-corrected chi connectivity index (χ3v) is 6.37. The molecule has 0 aliphatic carbocycles. The molecule has 164 valence electrons. The lowest BCUT2D eigenvalue weighted by molar-refractivity contribution is 0.0683. The maximum absolute atomic E-state index is 13.0. The van der Waals surface area contributed by atoms with Gasteiger partial charge in [-0.2, -0.15) is 0 Å². The summed E-state index contributed by atoms with van der Waals surface area (Å²) in [6.45, 7) is 2.78. The fourth-order valence-electron chi connectivity index (χ4n) is 4.50. The van der Waals surface area contributed by atoms with Gasteiger partial charge in [0.25, 0.3) is 5.91 Å². The molecule has 1 aliphatic heterocycles. The van der Waals surface area contributed by atoms with Gasteiger partial charge in [-0.3, -0.25) is 13.9 Å². The second kappa shape index (κ2) is 8.45. The van der Waals surface area contributed by atoms with Gasteiger partial charge in [-0.1, -0.05) is 12.1 Å². The molecule has 8 heteroatoms. The van der Waals surface area contributed by atoms with Crippen molar-refractivity contribution in [2.45, 2.75) is 25.9 Å². The molecule has 0 spiro atoms. The van der Waals surface area contributed by atoms with Crippen LogP contribution in [0.15, 0.2) is 66.1 Å². The van der Waals surface area contributed by atoms with Gasteiger partial charge in [0.1, 0.15) is 0 Å². The zero-order valence-corrected chi connectivity index (χ0v) is 18.1. The Morgan fingerprint density at radius 1 is 1.09 bits per heavy atom. The standard InChI is InChI=1S/C24H26N6O2/c1-27-21-3-2-10-26-22(21)30(24(27)32)16-19-8-12-29(13-9-19)23(31)20-6-4-18(5-7-20)15-28-14-11-25-17-28/h2-7,10-11,14,17,19H,8-9,12-13,15-16H2,1H3. The largest absolute Gasteiger partial charge is 0.339 e. The average molecular weight is 431 g/mol. The molecular formula is C24H26N6O2. The Balaban J connectivity index is 1.21. The molecule has 8 nitrogen and oxygen atoms in total. The van der Waals surface area contributed by atoms with Crippen LogP contribution in [0.4, 0.5) is 0 Å². The second-order valence-electron chi connectivity index (χ2n) is 8.47. The van der Waals surface area contributed by atoms with Crippen LogP contribution in [-0.4, -0.2) is 47.6 Å². The number of piperidine rings is 1. The van der Waals surface area contributed by atoms with E-state index >= 15 is 0 Å². The van der Waals surface area contributed by atoms with E-state index in [1.54, 1.807) is 34.9 Å².